The number of likely N-dealkylation sites (tertiary alicyclic amines) is 1. The lowest BCUT2D eigenvalue weighted by Gasteiger charge is -2.10. The van der Waals surface area contributed by atoms with Crippen molar-refractivity contribution >= 4 is 0 Å². The van der Waals surface area contributed by atoms with Crippen LogP contribution in [0.3, 0.4) is 0 Å². The van der Waals surface area contributed by atoms with Crippen LogP contribution in [0.4, 0.5) is 0 Å². The molecule has 1 fully saturated rings. The number of rotatable bonds is 2. The Morgan fingerprint density at radius 2 is 2.00 bits per heavy atom. The maximum absolute atomic E-state index is 9.30. The highest BCUT2D eigenvalue weighted by Gasteiger charge is 2.29. The highest BCUT2D eigenvalue weighted by Crippen LogP contribution is 2.11. The van der Waals surface area contributed by atoms with E-state index in [1.807, 2.05) is 4.90 Å². The van der Waals surface area contributed by atoms with Crippen molar-refractivity contribution in [3.63, 3.8) is 0 Å². The maximum atomic E-state index is 9.30. The Morgan fingerprint density at radius 1 is 1.36 bits per heavy atom. The van der Waals surface area contributed by atoms with Crippen LogP contribution in [0, 0.1) is 0 Å². The van der Waals surface area contributed by atoms with E-state index in [9.17, 15) is 10.2 Å². The minimum absolute atomic E-state index is 0.458. The lowest BCUT2D eigenvalue weighted by atomic mass is 10.3. The van der Waals surface area contributed by atoms with Crippen LogP contribution in [0.15, 0.2) is 0 Å². The quantitative estimate of drug-likeness (QED) is 0.559. The summed E-state index contributed by atoms with van der Waals surface area (Å²) in [5, 5.41) is 30.1. The van der Waals surface area contributed by atoms with Crippen LogP contribution in [-0.2, 0) is 13.6 Å². The summed E-state index contributed by atoms with van der Waals surface area (Å²) < 4.78 is 0. The predicted octanol–water partition coefficient (Wildman–Crippen LogP) is -2.25. The molecule has 0 saturated carbocycles. The first-order chi connectivity index (χ1) is 6.65. The fourth-order valence-electron chi connectivity index (χ4n) is 1.56. The Balaban J connectivity index is 1.93. The second kappa shape index (κ2) is 3.60. The van der Waals surface area contributed by atoms with E-state index < -0.39 is 12.2 Å². The monoisotopic (exact) mass is 199 g/mol. The molecule has 0 aliphatic carbocycles. The highest BCUT2D eigenvalue weighted by atomic mass is 16.3. The van der Waals surface area contributed by atoms with Gasteiger partial charge in [0.05, 0.1) is 25.8 Å². The second-order valence-corrected chi connectivity index (χ2v) is 3.52. The summed E-state index contributed by atoms with van der Waals surface area (Å²) in [6.45, 7) is 1.43. The van der Waals surface area contributed by atoms with E-state index in [1.54, 1.807) is 7.05 Å². The first-order valence-corrected chi connectivity index (χ1v) is 4.46. The van der Waals surface area contributed by atoms with Crippen LogP contribution in [0.25, 0.3) is 0 Å². The first kappa shape index (κ1) is 9.50. The topological polar surface area (TPSA) is 87.3 Å². The SMILES string of the molecule is Cn1nnc(CN2C[C@@H](O)[C@@H](O)C2)n1. The minimum atomic E-state index is -0.660. The molecule has 1 aromatic rings. The smallest absolute Gasteiger partial charge is 0.188 e. The van der Waals surface area contributed by atoms with Crippen LogP contribution < -0.4 is 0 Å². The number of tetrazole rings is 1. The van der Waals surface area contributed by atoms with Gasteiger partial charge < -0.3 is 10.2 Å². The van der Waals surface area contributed by atoms with Gasteiger partial charge in [0, 0.05) is 13.1 Å². The molecule has 1 saturated heterocycles. The molecule has 0 amide bonds. The van der Waals surface area contributed by atoms with Gasteiger partial charge in [-0.25, -0.2) is 0 Å². The third-order valence-corrected chi connectivity index (χ3v) is 2.25. The molecular weight excluding hydrogens is 186 g/mol. The molecule has 2 atom stereocenters. The zero-order chi connectivity index (χ0) is 10.1. The van der Waals surface area contributed by atoms with Gasteiger partial charge in [-0.1, -0.05) is 0 Å². The molecule has 1 aliphatic heterocycles. The van der Waals surface area contributed by atoms with Crippen molar-refractivity contribution in [2.24, 2.45) is 7.05 Å². The Kier molecular flexibility index (Phi) is 2.44. The number of β-amino-alcohol motifs (C(OH)–C–C–N with tert-alkyl or cyclic N) is 2. The lowest BCUT2D eigenvalue weighted by molar-refractivity contribution is 0.0572. The number of aliphatic hydroxyl groups excluding tert-OH is 2. The molecule has 2 heterocycles. The third-order valence-electron chi connectivity index (χ3n) is 2.25. The maximum Gasteiger partial charge on any atom is 0.188 e. The molecule has 0 unspecified atom stereocenters. The summed E-state index contributed by atoms with van der Waals surface area (Å²) in [6.07, 6.45) is -1.32. The Morgan fingerprint density at radius 3 is 2.50 bits per heavy atom. The van der Waals surface area contributed by atoms with Crippen molar-refractivity contribution in [2.45, 2.75) is 18.8 Å². The summed E-state index contributed by atoms with van der Waals surface area (Å²) in [7, 11) is 1.70. The van der Waals surface area contributed by atoms with Gasteiger partial charge in [0.15, 0.2) is 5.82 Å². The molecule has 2 N–H and O–H groups in total. The standard InChI is InChI=1S/C7H13N5O2/c1-11-9-7(8-10-11)4-12-2-5(13)6(14)3-12/h5-6,13-14H,2-4H2,1H3/t5-,6+. The fraction of sp³-hybridized carbons (Fsp3) is 0.857. The van der Waals surface area contributed by atoms with E-state index in [0.29, 0.717) is 25.5 Å². The van der Waals surface area contributed by atoms with E-state index in [4.69, 9.17) is 0 Å². The first-order valence-electron chi connectivity index (χ1n) is 4.46. The molecule has 0 spiro atoms. The molecule has 7 nitrogen and oxygen atoms in total. The zero-order valence-electron chi connectivity index (χ0n) is 7.91. The molecule has 1 aromatic heterocycles. The van der Waals surface area contributed by atoms with Gasteiger partial charge in [0.2, 0.25) is 0 Å². The second-order valence-electron chi connectivity index (χ2n) is 3.52. The predicted molar refractivity (Wildman–Crippen MR) is 46.1 cm³/mol. The zero-order valence-corrected chi connectivity index (χ0v) is 7.91. The van der Waals surface area contributed by atoms with Crippen molar-refractivity contribution in [1.82, 2.24) is 25.1 Å². The van der Waals surface area contributed by atoms with Crippen molar-refractivity contribution in [3.05, 3.63) is 5.82 Å². The van der Waals surface area contributed by atoms with E-state index >= 15 is 0 Å². The molecule has 0 radical (unpaired) electrons. The van der Waals surface area contributed by atoms with Crippen molar-refractivity contribution in [3.8, 4) is 0 Å². The lowest BCUT2D eigenvalue weighted by Crippen LogP contribution is -2.22. The molecule has 78 valence electrons. The molecule has 7 heteroatoms. The Hall–Kier alpha value is -1.05. The average molecular weight is 199 g/mol. The third kappa shape index (κ3) is 1.89. The van der Waals surface area contributed by atoms with Gasteiger partial charge in [-0.15, -0.1) is 10.2 Å². The summed E-state index contributed by atoms with van der Waals surface area (Å²) >= 11 is 0. The summed E-state index contributed by atoms with van der Waals surface area (Å²) in [6, 6.07) is 0. The molecule has 2 rings (SSSR count). The molecule has 0 aromatic carbocycles. The van der Waals surface area contributed by atoms with Crippen LogP contribution in [0.2, 0.25) is 0 Å². The highest BCUT2D eigenvalue weighted by molar-refractivity contribution is 4.87. The average Bonchev–Trinajstić information content (AvgIpc) is 2.62. The van der Waals surface area contributed by atoms with Crippen LogP contribution in [0.1, 0.15) is 5.82 Å². The van der Waals surface area contributed by atoms with Gasteiger partial charge >= 0.3 is 0 Å². The van der Waals surface area contributed by atoms with Gasteiger partial charge in [0.1, 0.15) is 0 Å². The minimum Gasteiger partial charge on any atom is -0.389 e. The summed E-state index contributed by atoms with van der Waals surface area (Å²) in [5.74, 6) is 0.605. The van der Waals surface area contributed by atoms with Gasteiger partial charge in [-0.05, 0) is 5.21 Å². The summed E-state index contributed by atoms with van der Waals surface area (Å²) in [5.41, 5.74) is 0. The number of nitrogens with zero attached hydrogens (tertiary/aromatic N) is 5. The van der Waals surface area contributed by atoms with Crippen molar-refractivity contribution in [2.75, 3.05) is 13.1 Å². The largest absolute Gasteiger partial charge is 0.389 e. The normalized spacial score (nSPS) is 28.5. The molecule has 14 heavy (non-hydrogen) atoms. The van der Waals surface area contributed by atoms with Gasteiger partial charge in [0.25, 0.3) is 0 Å². The van der Waals surface area contributed by atoms with Crippen molar-refractivity contribution in [1.29, 1.82) is 0 Å². The van der Waals surface area contributed by atoms with Crippen LogP contribution >= 0.6 is 0 Å². The van der Waals surface area contributed by atoms with E-state index in [2.05, 4.69) is 15.4 Å². The Bertz CT molecular complexity index is 305. The molecule has 0 bridgehead atoms. The van der Waals surface area contributed by atoms with E-state index in [0.717, 1.165) is 0 Å². The van der Waals surface area contributed by atoms with Crippen molar-refractivity contribution < 1.29 is 10.2 Å². The number of aliphatic hydroxyl groups is 2. The number of aryl methyl sites for hydroxylation is 1. The van der Waals surface area contributed by atoms with Crippen LogP contribution in [0.5, 0.6) is 0 Å². The van der Waals surface area contributed by atoms with Gasteiger partial charge in [-0.2, -0.15) is 4.80 Å². The number of aromatic nitrogens is 4. The van der Waals surface area contributed by atoms with E-state index in [-0.39, 0.29) is 0 Å². The summed E-state index contributed by atoms with van der Waals surface area (Å²) in [4.78, 5) is 3.28. The van der Waals surface area contributed by atoms with E-state index in [1.165, 1.54) is 4.80 Å². The van der Waals surface area contributed by atoms with Crippen LogP contribution in [-0.4, -0.2) is 60.6 Å². The fourth-order valence-corrected chi connectivity index (χ4v) is 1.56. The number of hydrogen-bond acceptors (Lipinski definition) is 6. The Labute approximate surface area is 80.9 Å². The van der Waals surface area contributed by atoms with Gasteiger partial charge in [-0.3, -0.25) is 4.90 Å². The number of hydrogen-bond donors (Lipinski definition) is 2. The molecule has 1 aliphatic rings. The molecular formula is C7H13N5O2.